The molecule has 25 heavy (non-hydrogen) atoms. The first-order chi connectivity index (χ1) is 11.9. The van der Waals surface area contributed by atoms with Gasteiger partial charge < -0.3 is 14.4 Å². The van der Waals surface area contributed by atoms with Crippen LogP contribution in [-0.2, 0) is 19.6 Å². The number of halogens is 1. The van der Waals surface area contributed by atoms with Gasteiger partial charge in [0.1, 0.15) is 10.6 Å². The number of rotatable bonds is 7. The summed E-state index contributed by atoms with van der Waals surface area (Å²) in [5.41, 5.74) is 0. The van der Waals surface area contributed by atoms with Gasteiger partial charge in [0.05, 0.1) is 13.2 Å². The largest absolute Gasteiger partial charge is 0.482 e. The predicted octanol–water partition coefficient (Wildman–Crippen LogP) is 1.61. The van der Waals surface area contributed by atoms with E-state index in [2.05, 4.69) is 0 Å². The number of hydrogen-bond donors (Lipinski definition) is 0. The van der Waals surface area contributed by atoms with Crippen molar-refractivity contribution in [3.05, 3.63) is 23.2 Å². The molecule has 1 fully saturated rings. The first-order valence-corrected chi connectivity index (χ1v) is 10.00. The van der Waals surface area contributed by atoms with Crippen LogP contribution in [0.25, 0.3) is 0 Å². The van der Waals surface area contributed by atoms with Crippen molar-refractivity contribution >= 4 is 27.5 Å². The summed E-state index contributed by atoms with van der Waals surface area (Å²) in [6, 6.07) is 4.37. The van der Waals surface area contributed by atoms with Crippen LogP contribution in [0.2, 0.25) is 5.02 Å². The molecule has 0 atom stereocenters. The van der Waals surface area contributed by atoms with Gasteiger partial charge in [-0.25, -0.2) is 8.42 Å². The van der Waals surface area contributed by atoms with Crippen LogP contribution >= 0.6 is 11.6 Å². The molecule has 7 nitrogen and oxygen atoms in total. The quantitative estimate of drug-likeness (QED) is 0.707. The molecule has 0 radical (unpaired) electrons. The van der Waals surface area contributed by atoms with Gasteiger partial charge in [0.2, 0.25) is 10.0 Å². The van der Waals surface area contributed by atoms with Crippen LogP contribution in [0, 0.1) is 0 Å². The average Bonchev–Trinajstić information content (AvgIpc) is 2.62. The highest BCUT2D eigenvalue weighted by atomic mass is 35.5. The number of carbonyl (C=O) groups excluding carboxylic acids is 1. The van der Waals surface area contributed by atoms with Crippen LogP contribution in [-0.4, -0.2) is 69.5 Å². The Balaban J connectivity index is 2.23. The zero-order valence-electron chi connectivity index (χ0n) is 14.4. The number of likely N-dealkylation sites (N-methyl/N-ethyl adjacent to an activating group) is 1. The molecular weight excluding hydrogens is 368 g/mol. The van der Waals surface area contributed by atoms with Crippen molar-refractivity contribution in [2.24, 2.45) is 0 Å². The lowest BCUT2D eigenvalue weighted by atomic mass is 10.3. The number of ether oxygens (including phenoxy) is 2. The van der Waals surface area contributed by atoms with Gasteiger partial charge in [0.15, 0.2) is 6.61 Å². The Morgan fingerprint density at radius 1 is 1.28 bits per heavy atom. The first-order valence-electron chi connectivity index (χ1n) is 8.18. The highest BCUT2D eigenvalue weighted by molar-refractivity contribution is 7.89. The summed E-state index contributed by atoms with van der Waals surface area (Å²) in [5, 5.41) is 0.286. The minimum Gasteiger partial charge on any atom is -0.482 e. The van der Waals surface area contributed by atoms with E-state index in [1.54, 1.807) is 4.90 Å². The molecule has 0 aromatic heterocycles. The Morgan fingerprint density at radius 3 is 2.52 bits per heavy atom. The number of nitrogens with zero attached hydrogens (tertiary/aromatic N) is 2. The third-order valence-corrected chi connectivity index (χ3v) is 6.12. The number of morpholine rings is 1. The molecule has 1 aliphatic rings. The molecular formula is C16H23ClN2O5S. The van der Waals surface area contributed by atoms with Crippen LogP contribution < -0.4 is 4.74 Å². The Bertz CT molecular complexity index is 700. The molecule has 0 unspecified atom stereocenters. The Kier molecular flexibility index (Phi) is 7.06. The van der Waals surface area contributed by atoms with Crippen molar-refractivity contribution in [3.8, 4) is 5.75 Å². The molecule has 0 N–H and O–H groups in total. The van der Waals surface area contributed by atoms with Crippen LogP contribution in [0.15, 0.2) is 23.1 Å². The second kappa shape index (κ2) is 8.84. The van der Waals surface area contributed by atoms with E-state index in [-0.39, 0.29) is 41.3 Å². The van der Waals surface area contributed by atoms with Crippen molar-refractivity contribution in [1.82, 2.24) is 9.21 Å². The van der Waals surface area contributed by atoms with E-state index in [1.807, 2.05) is 13.8 Å². The Labute approximate surface area is 153 Å². The third kappa shape index (κ3) is 4.84. The lowest BCUT2D eigenvalue weighted by Gasteiger charge is -2.27. The Hall–Kier alpha value is -1.35. The molecule has 140 valence electrons. The van der Waals surface area contributed by atoms with Gasteiger partial charge in [0.25, 0.3) is 5.91 Å². The number of sulfonamides is 1. The summed E-state index contributed by atoms with van der Waals surface area (Å²) in [6.45, 7) is 5.88. The smallest absolute Gasteiger partial charge is 0.260 e. The van der Waals surface area contributed by atoms with E-state index in [9.17, 15) is 13.2 Å². The maximum absolute atomic E-state index is 12.9. The van der Waals surface area contributed by atoms with Gasteiger partial charge in [-0.1, -0.05) is 11.6 Å². The molecule has 0 spiro atoms. The van der Waals surface area contributed by atoms with Crippen LogP contribution in [0.3, 0.4) is 0 Å². The van der Waals surface area contributed by atoms with Gasteiger partial charge in [-0.05, 0) is 32.0 Å². The Morgan fingerprint density at radius 2 is 1.92 bits per heavy atom. The summed E-state index contributed by atoms with van der Waals surface area (Å²) in [7, 11) is -3.78. The predicted molar refractivity (Wildman–Crippen MR) is 94.5 cm³/mol. The zero-order valence-corrected chi connectivity index (χ0v) is 16.0. The van der Waals surface area contributed by atoms with Crippen molar-refractivity contribution in [2.75, 3.05) is 46.0 Å². The highest BCUT2D eigenvalue weighted by Crippen LogP contribution is 2.30. The highest BCUT2D eigenvalue weighted by Gasteiger charge is 2.30. The maximum atomic E-state index is 12.9. The van der Waals surface area contributed by atoms with Gasteiger partial charge in [0, 0.05) is 31.2 Å². The second-order valence-corrected chi connectivity index (χ2v) is 7.81. The van der Waals surface area contributed by atoms with Crippen molar-refractivity contribution < 1.29 is 22.7 Å². The van der Waals surface area contributed by atoms with Crippen molar-refractivity contribution in [3.63, 3.8) is 0 Å². The van der Waals surface area contributed by atoms with E-state index >= 15 is 0 Å². The topological polar surface area (TPSA) is 76.2 Å². The minimum absolute atomic E-state index is 0.0331. The molecule has 0 aliphatic carbocycles. The second-order valence-electron chi connectivity index (χ2n) is 5.46. The zero-order chi connectivity index (χ0) is 18.4. The van der Waals surface area contributed by atoms with E-state index in [0.717, 1.165) is 0 Å². The van der Waals surface area contributed by atoms with Crippen LogP contribution in [0.5, 0.6) is 5.75 Å². The fourth-order valence-corrected chi connectivity index (χ4v) is 4.34. The molecule has 0 bridgehead atoms. The lowest BCUT2D eigenvalue weighted by Crippen LogP contribution is -2.40. The summed E-state index contributed by atoms with van der Waals surface area (Å²) in [4.78, 5) is 13.7. The molecule has 1 heterocycles. The van der Waals surface area contributed by atoms with E-state index in [4.69, 9.17) is 21.1 Å². The van der Waals surface area contributed by atoms with Crippen molar-refractivity contribution in [2.45, 2.75) is 18.7 Å². The van der Waals surface area contributed by atoms with Crippen LogP contribution in [0.4, 0.5) is 0 Å². The molecule has 9 heteroatoms. The van der Waals surface area contributed by atoms with E-state index < -0.39 is 10.0 Å². The fraction of sp³-hybridized carbons (Fsp3) is 0.562. The maximum Gasteiger partial charge on any atom is 0.260 e. The third-order valence-electron chi connectivity index (χ3n) is 3.96. The van der Waals surface area contributed by atoms with Gasteiger partial charge in [-0.2, -0.15) is 4.31 Å². The summed E-state index contributed by atoms with van der Waals surface area (Å²) >= 11 is 5.98. The molecule has 1 saturated heterocycles. The summed E-state index contributed by atoms with van der Waals surface area (Å²) in [6.07, 6.45) is 0. The molecule has 0 saturated carbocycles. The number of hydrogen-bond acceptors (Lipinski definition) is 5. The molecule has 1 aromatic carbocycles. The lowest BCUT2D eigenvalue weighted by molar-refractivity contribution is -0.133. The summed E-state index contributed by atoms with van der Waals surface area (Å²) in [5.74, 6) is -0.0777. The number of amides is 1. The number of carbonyl (C=O) groups is 1. The van der Waals surface area contributed by atoms with E-state index in [1.165, 1.54) is 22.5 Å². The molecule has 1 aliphatic heterocycles. The molecule has 1 amide bonds. The molecule has 2 rings (SSSR count). The van der Waals surface area contributed by atoms with Gasteiger partial charge in [-0.3, -0.25) is 4.79 Å². The summed E-state index contributed by atoms with van der Waals surface area (Å²) < 4.78 is 37.8. The minimum atomic E-state index is -3.78. The average molecular weight is 391 g/mol. The SMILES string of the molecule is CCN(CC)C(=O)COc1ccc(Cl)cc1S(=O)(=O)N1CCOCC1. The van der Waals surface area contributed by atoms with Gasteiger partial charge >= 0.3 is 0 Å². The van der Waals surface area contributed by atoms with Crippen molar-refractivity contribution in [1.29, 1.82) is 0 Å². The fourth-order valence-electron chi connectivity index (χ4n) is 2.54. The molecule has 1 aromatic rings. The first kappa shape index (κ1) is 20.0. The number of benzene rings is 1. The normalized spacial score (nSPS) is 15.8. The van der Waals surface area contributed by atoms with E-state index in [0.29, 0.717) is 26.3 Å². The van der Waals surface area contributed by atoms with Crippen LogP contribution in [0.1, 0.15) is 13.8 Å². The monoisotopic (exact) mass is 390 g/mol. The standard InChI is InChI=1S/C16H23ClN2O5S/c1-3-18(4-2)16(20)12-24-14-6-5-13(17)11-15(14)25(21,22)19-7-9-23-10-8-19/h5-6,11H,3-4,7-10,12H2,1-2H3. The van der Waals surface area contributed by atoms with Gasteiger partial charge in [-0.15, -0.1) is 0 Å².